The zero-order valence-corrected chi connectivity index (χ0v) is 41.1. The van der Waals surface area contributed by atoms with E-state index < -0.39 is 0 Å². The predicted octanol–water partition coefficient (Wildman–Crippen LogP) is 16.3. The van der Waals surface area contributed by atoms with Gasteiger partial charge in [0.05, 0.1) is 22.3 Å². The molecular weight excluding hydrogens is 986 g/mol. The first kappa shape index (κ1) is 44.6. The first-order chi connectivity index (χ1) is 31.2. The molecule has 10 rings (SSSR count). The Hall–Kier alpha value is -6.61. The van der Waals surface area contributed by atoms with Crippen LogP contribution in [0.4, 0.5) is 0 Å². The molecule has 10 aromatic rings. The summed E-state index contributed by atoms with van der Waals surface area (Å²) in [6.45, 7) is 17.7. The number of aromatic hydroxyl groups is 1. The zero-order valence-electron chi connectivity index (χ0n) is 38.8. The monoisotopic (exact) mass is 1040 g/mol. The Labute approximate surface area is 403 Å². The Bertz CT molecular complexity index is 3410. The van der Waals surface area contributed by atoms with Gasteiger partial charge in [0.25, 0.3) is 0 Å². The van der Waals surface area contributed by atoms with Gasteiger partial charge in [0, 0.05) is 38.5 Å². The van der Waals surface area contributed by atoms with Crippen LogP contribution in [0.25, 0.3) is 94.3 Å². The summed E-state index contributed by atoms with van der Waals surface area (Å²) in [7, 11) is 0. The first-order valence-corrected chi connectivity index (χ1v) is 22.7. The topological polar surface area (TPSA) is 50.9 Å². The molecule has 0 spiro atoms. The molecule has 1 N–H and O–H groups in total. The standard InChI is InChI=1S/C61H54N3O.Pt/c1-38(2)49-33-45(40-17-13-10-14-18-40)28-29-54(49)64-55-30-27-44-25-23-43-24-26-47(53-35-46(31-32-62-53)42-21-19-41(20-22-42)39-15-11-9-12-16-39)34-50(43)56(44)57(55)63-59(64)51-36-48(60(3,4)5)37-52(58(51)65)61(6,7)8;/h9-33,35-38,65H,1-8H3;/q-1;. The summed E-state index contributed by atoms with van der Waals surface area (Å²) in [5, 5.41) is 16.6. The van der Waals surface area contributed by atoms with Crippen LogP contribution in [0.15, 0.2) is 170 Å². The van der Waals surface area contributed by atoms with Crippen LogP contribution in [0, 0.1) is 6.07 Å². The van der Waals surface area contributed by atoms with E-state index in [0.29, 0.717) is 5.82 Å². The third kappa shape index (κ3) is 8.18. The molecule has 0 saturated heterocycles. The van der Waals surface area contributed by atoms with E-state index in [2.05, 4.69) is 224 Å². The van der Waals surface area contributed by atoms with Crippen molar-refractivity contribution in [1.29, 1.82) is 0 Å². The summed E-state index contributed by atoms with van der Waals surface area (Å²) < 4.78 is 2.30. The molecule has 0 saturated carbocycles. The zero-order chi connectivity index (χ0) is 45.2. The first-order valence-electron chi connectivity index (χ1n) is 22.7. The van der Waals surface area contributed by atoms with Crippen molar-refractivity contribution in [2.75, 3.05) is 0 Å². The Morgan fingerprint density at radius 1 is 0.576 bits per heavy atom. The van der Waals surface area contributed by atoms with Gasteiger partial charge in [0.2, 0.25) is 0 Å². The second-order valence-corrected chi connectivity index (χ2v) is 19.8. The molecule has 0 aliphatic rings. The number of aromatic nitrogens is 3. The fraction of sp³-hybridized carbons (Fsp3) is 0.180. The smallest absolute Gasteiger partial charge is 0.148 e. The van der Waals surface area contributed by atoms with Crippen LogP contribution in [0.3, 0.4) is 0 Å². The average molecular weight is 1040 g/mol. The van der Waals surface area contributed by atoms with Gasteiger partial charge >= 0.3 is 0 Å². The maximum absolute atomic E-state index is 12.5. The maximum Gasteiger partial charge on any atom is 0.148 e. The van der Waals surface area contributed by atoms with E-state index in [1.165, 1.54) is 22.3 Å². The van der Waals surface area contributed by atoms with Gasteiger partial charge in [-0.2, -0.15) is 0 Å². The van der Waals surface area contributed by atoms with Gasteiger partial charge in [-0.3, -0.25) is 9.55 Å². The van der Waals surface area contributed by atoms with Gasteiger partial charge in [-0.05, 0) is 102 Å². The number of hydrogen-bond donors (Lipinski definition) is 1. The van der Waals surface area contributed by atoms with Gasteiger partial charge in [-0.25, -0.2) is 4.98 Å². The van der Waals surface area contributed by atoms with E-state index >= 15 is 0 Å². The van der Waals surface area contributed by atoms with Crippen LogP contribution in [-0.4, -0.2) is 19.6 Å². The molecule has 0 unspecified atom stereocenters. The number of fused-ring (bicyclic) bond motifs is 5. The normalized spacial score (nSPS) is 12.0. The third-order valence-electron chi connectivity index (χ3n) is 12.9. The van der Waals surface area contributed by atoms with Crippen molar-refractivity contribution in [3.8, 4) is 67.5 Å². The van der Waals surface area contributed by atoms with E-state index in [-0.39, 0.29) is 43.6 Å². The number of rotatable bonds is 7. The van der Waals surface area contributed by atoms with Crippen molar-refractivity contribution in [2.45, 2.75) is 72.1 Å². The Kier molecular flexibility index (Phi) is 11.7. The molecular formula is C61H54N3OPt-. The molecule has 0 aliphatic heterocycles. The van der Waals surface area contributed by atoms with Gasteiger partial charge in [-0.1, -0.05) is 188 Å². The number of nitrogens with zero attached hydrogens (tertiary/aromatic N) is 3. The van der Waals surface area contributed by atoms with Crippen molar-refractivity contribution < 1.29 is 26.2 Å². The average Bonchev–Trinajstić information content (AvgIpc) is 3.70. The molecule has 0 fully saturated rings. The van der Waals surface area contributed by atoms with Crippen LogP contribution < -0.4 is 0 Å². The Morgan fingerprint density at radius 2 is 1.15 bits per heavy atom. The largest absolute Gasteiger partial charge is 0.507 e. The molecule has 2 aromatic heterocycles. The van der Waals surface area contributed by atoms with Gasteiger partial charge in [0.1, 0.15) is 11.6 Å². The number of phenolic OH excluding ortho intramolecular Hbond substituents is 1. The second kappa shape index (κ2) is 17.3. The number of imidazole rings is 1. The van der Waals surface area contributed by atoms with Gasteiger partial charge in [-0.15, -0.1) is 23.6 Å². The number of hydrogen-bond acceptors (Lipinski definition) is 3. The van der Waals surface area contributed by atoms with Crippen molar-refractivity contribution in [1.82, 2.24) is 14.5 Å². The molecule has 5 heteroatoms. The SMILES string of the molecule is CC(C)c1cc(-c2ccccc2)ccc1-n1c(-c2cc(C(C)(C)C)cc(C(C)(C)C)c2O)nc2c3c(ccc4ccc(-c5cc(-c6ccc(-c7ccccc7)cc6)ccn5)[c-]c43)ccc21.[Pt]. The van der Waals surface area contributed by atoms with Crippen molar-refractivity contribution in [3.63, 3.8) is 0 Å². The van der Waals surface area contributed by atoms with E-state index in [0.717, 1.165) is 82.9 Å². The van der Waals surface area contributed by atoms with Crippen molar-refractivity contribution in [3.05, 3.63) is 193 Å². The summed E-state index contributed by atoms with van der Waals surface area (Å²) in [4.78, 5) is 10.6. The van der Waals surface area contributed by atoms with Gasteiger partial charge < -0.3 is 5.11 Å². The third-order valence-corrected chi connectivity index (χ3v) is 12.9. The molecule has 66 heavy (non-hydrogen) atoms. The Morgan fingerprint density at radius 3 is 1.80 bits per heavy atom. The van der Waals surface area contributed by atoms with Crippen molar-refractivity contribution >= 4 is 32.6 Å². The summed E-state index contributed by atoms with van der Waals surface area (Å²) in [5.41, 5.74) is 15.0. The minimum Gasteiger partial charge on any atom is -0.507 e. The molecule has 8 aromatic carbocycles. The summed E-state index contributed by atoms with van der Waals surface area (Å²) >= 11 is 0. The minimum atomic E-state index is -0.317. The fourth-order valence-corrected chi connectivity index (χ4v) is 9.25. The van der Waals surface area contributed by atoms with Crippen LogP contribution >= 0.6 is 0 Å². The van der Waals surface area contributed by atoms with Gasteiger partial charge in [0.15, 0.2) is 0 Å². The number of pyridine rings is 1. The van der Waals surface area contributed by atoms with E-state index in [9.17, 15) is 5.11 Å². The molecule has 0 amide bonds. The van der Waals surface area contributed by atoms with E-state index in [1.807, 2.05) is 12.3 Å². The predicted molar refractivity (Wildman–Crippen MR) is 273 cm³/mol. The second-order valence-electron chi connectivity index (χ2n) is 19.8. The molecule has 0 atom stereocenters. The van der Waals surface area contributed by atoms with E-state index in [1.54, 1.807) is 0 Å². The Balaban J connectivity index is 0.00000548. The minimum absolute atomic E-state index is 0. The van der Waals surface area contributed by atoms with Crippen molar-refractivity contribution in [2.24, 2.45) is 0 Å². The maximum atomic E-state index is 12.5. The van der Waals surface area contributed by atoms with Crippen LogP contribution in [-0.2, 0) is 31.9 Å². The molecule has 0 bridgehead atoms. The summed E-state index contributed by atoms with van der Waals surface area (Å²) in [6, 6.07) is 62.0. The summed E-state index contributed by atoms with van der Waals surface area (Å²) in [6.07, 6.45) is 1.89. The molecule has 4 nitrogen and oxygen atoms in total. The summed E-state index contributed by atoms with van der Waals surface area (Å²) in [5.74, 6) is 1.16. The fourth-order valence-electron chi connectivity index (χ4n) is 9.25. The molecule has 2 heterocycles. The van der Waals surface area contributed by atoms with Crippen LogP contribution in [0.5, 0.6) is 5.75 Å². The molecule has 0 radical (unpaired) electrons. The quantitative estimate of drug-likeness (QED) is 0.128. The van der Waals surface area contributed by atoms with Crippen LogP contribution in [0.1, 0.15) is 78.0 Å². The number of phenols is 1. The molecule has 0 aliphatic carbocycles. The molecule has 330 valence electrons. The van der Waals surface area contributed by atoms with E-state index in [4.69, 9.17) is 9.97 Å². The van der Waals surface area contributed by atoms with Crippen LogP contribution in [0.2, 0.25) is 0 Å². The number of benzene rings is 8.